The van der Waals surface area contributed by atoms with Crippen LogP contribution >= 0.6 is 22.6 Å². The summed E-state index contributed by atoms with van der Waals surface area (Å²) in [5.41, 5.74) is 6.58. The lowest BCUT2D eigenvalue weighted by Crippen LogP contribution is -2.09. The predicted octanol–water partition coefficient (Wildman–Crippen LogP) is 3.69. The molecule has 0 saturated heterocycles. The minimum atomic E-state index is 0.591. The molecule has 0 heterocycles. The average Bonchev–Trinajstić information content (AvgIpc) is 2.17. The first kappa shape index (κ1) is 12.6. The van der Waals surface area contributed by atoms with Gasteiger partial charge >= 0.3 is 0 Å². The summed E-state index contributed by atoms with van der Waals surface area (Å²) in [4.78, 5) is 0. The lowest BCUT2D eigenvalue weighted by atomic mass is 10.1. The maximum absolute atomic E-state index is 5.85. The topological polar surface area (TPSA) is 35.2 Å². The molecule has 1 unspecified atom stereocenters. The minimum Gasteiger partial charge on any atom is -0.491 e. The van der Waals surface area contributed by atoms with Crippen molar-refractivity contribution in [3.8, 4) is 5.75 Å². The third kappa shape index (κ3) is 4.28. The van der Waals surface area contributed by atoms with Gasteiger partial charge in [0.05, 0.1) is 12.3 Å². The zero-order chi connectivity index (χ0) is 11.3. The summed E-state index contributed by atoms with van der Waals surface area (Å²) < 4.78 is 6.82. The van der Waals surface area contributed by atoms with Crippen molar-refractivity contribution in [2.24, 2.45) is 5.92 Å². The van der Waals surface area contributed by atoms with Crippen molar-refractivity contribution in [1.29, 1.82) is 0 Å². The molecule has 0 aliphatic carbocycles. The van der Waals surface area contributed by atoms with Crippen molar-refractivity contribution in [3.05, 3.63) is 21.8 Å². The van der Waals surface area contributed by atoms with Gasteiger partial charge in [0, 0.05) is 3.57 Å². The van der Waals surface area contributed by atoms with Crippen molar-refractivity contribution in [3.63, 3.8) is 0 Å². The molecule has 2 nitrogen and oxygen atoms in total. The third-order valence-corrected chi connectivity index (χ3v) is 2.95. The summed E-state index contributed by atoms with van der Waals surface area (Å²) in [5, 5.41) is 0. The summed E-state index contributed by atoms with van der Waals surface area (Å²) in [6, 6.07) is 5.88. The molecule has 1 rings (SSSR count). The van der Waals surface area contributed by atoms with Crippen molar-refractivity contribution in [1.82, 2.24) is 0 Å². The van der Waals surface area contributed by atoms with Crippen LogP contribution in [0.3, 0.4) is 0 Å². The highest BCUT2D eigenvalue weighted by atomic mass is 127. The van der Waals surface area contributed by atoms with E-state index in [1.165, 1.54) is 12.8 Å². The number of halogens is 1. The molecule has 0 radical (unpaired) electrons. The molecule has 2 N–H and O–H groups in total. The van der Waals surface area contributed by atoms with E-state index in [4.69, 9.17) is 10.5 Å². The Morgan fingerprint density at radius 2 is 2.20 bits per heavy atom. The van der Waals surface area contributed by atoms with Gasteiger partial charge in [-0.3, -0.25) is 0 Å². The van der Waals surface area contributed by atoms with Crippen molar-refractivity contribution >= 4 is 28.3 Å². The van der Waals surface area contributed by atoms with Crippen LogP contribution in [0.4, 0.5) is 5.69 Å². The van der Waals surface area contributed by atoms with Gasteiger partial charge in [-0.15, -0.1) is 0 Å². The first-order valence-electron chi connectivity index (χ1n) is 5.31. The molecular formula is C12H18INO. The van der Waals surface area contributed by atoms with Crippen LogP contribution in [0.15, 0.2) is 18.2 Å². The van der Waals surface area contributed by atoms with Gasteiger partial charge < -0.3 is 10.5 Å². The van der Waals surface area contributed by atoms with E-state index in [-0.39, 0.29) is 0 Å². The van der Waals surface area contributed by atoms with Gasteiger partial charge in [0.25, 0.3) is 0 Å². The zero-order valence-corrected chi connectivity index (χ0v) is 11.5. The monoisotopic (exact) mass is 319 g/mol. The summed E-state index contributed by atoms with van der Waals surface area (Å²) in [6.07, 6.45) is 2.40. The number of nitrogens with two attached hydrogens (primary N) is 1. The Hall–Kier alpha value is -0.450. The molecule has 0 fully saturated rings. The summed E-state index contributed by atoms with van der Waals surface area (Å²) in [7, 11) is 0. The van der Waals surface area contributed by atoms with Gasteiger partial charge in [0.1, 0.15) is 5.75 Å². The standard InChI is InChI=1S/C12H18INO/c1-3-4-9(2)8-15-12-6-5-10(13)7-11(12)14/h5-7,9H,3-4,8,14H2,1-2H3. The van der Waals surface area contributed by atoms with Gasteiger partial charge in [-0.25, -0.2) is 0 Å². The Bertz CT molecular complexity index is 314. The molecule has 15 heavy (non-hydrogen) atoms. The lowest BCUT2D eigenvalue weighted by molar-refractivity contribution is 0.253. The van der Waals surface area contributed by atoms with Crippen LogP contribution in [0.1, 0.15) is 26.7 Å². The van der Waals surface area contributed by atoms with Crippen LogP contribution in [0.2, 0.25) is 0 Å². The Kier molecular flexibility index (Phi) is 5.22. The molecule has 0 bridgehead atoms. The number of benzene rings is 1. The maximum Gasteiger partial charge on any atom is 0.142 e. The SMILES string of the molecule is CCCC(C)COc1ccc(I)cc1N. The van der Waals surface area contributed by atoms with E-state index in [2.05, 4.69) is 36.4 Å². The molecule has 0 aliphatic heterocycles. The summed E-state index contributed by atoms with van der Waals surface area (Å²) >= 11 is 2.24. The van der Waals surface area contributed by atoms with Gasteiger partial charge in [-0.2, -0.15) is 0 Å². The van der Waals surface area contributed by atoms with Crippen LogP contribution in [0.5, 0.6) is 5.75 Å². The summed E-state index contributed by atoms with van der Waals surface area (Å²) in [6.45, 7) is 5.14. The first-order chi connectivity index (χ1) is 7.13. The van der Waals surface area contributed by atoms with Crippen LogP contribution in [0.25, 0.3) is 0 Å². The number of hydrogen-bond donors (Lipinski definition) is 1. The van der Waals surface area contributed by atoms with Crippen molar-refractivity contribution in [2.75, 3.05) is 12.3 Å². The number of hydrogen-bond acceptors (Lipinski definition) is 2. The van der Waals surface area contributed by atoms with Crippen LogP contribution in [-0.2, 0) is 0 Å². The Morgan fingerprint density at radius 3 is 2.80 bits per heavy atom. The highest BCUT2D eigenvalue weighted by Crippen LogP contribution is 2.24. The molecule has 1 atom stereocenters. The number of ether oxygens (including phenoxy) is 1. The van der Waals surface area contributed by atoms with E-state index in [1.54, 1.807) is 0 Å². The van der Waals surface area contributed by atoms with E-state index in [0.717, 1.165) is 21.6 Å². The molecular weight excluding hydrogens is 301 g/mol. The third-order valence-electron chi connectivity index (χ3n) is 2.28. The second kappa shape index (κ2) is 6.20. The van der Waals surface area contributed by atoms with Gasteiger partial charge in [0.2, 0.25) is 0 Å². The van der Waals surface area contributed by atoms with Crippen molar-refractivity contribution < 1.29 is 4.74 Å². The molecule has 84 valence electrons. The van der Waals surface area contributed by atoms with Gasteiger partial charge in [-0.05, 0) is 53.1 Å². The first-order valence-corrected chi connectivity index (χ1v) is 6.39. The number of anilines is 1. The van der Waals surface area contributed by atoms with E-state index < -0.39 is 0 Å². The van der Waals surface area contributed by atoms with E-state index in [9.17, 15) is 0 Å². The van der Waals surface area contributed by atoms with E-state index in [0.29, 0.717) is 5.92 Å². The van der Waals surface area contributed by atoms with Gasteiger partial charge in [0.15, 0.2) is 0 Å². The quantitative estimate of drug-likeness (QED) is 0.664. The summed E-state index contributed by atoms with van der Waals surface area (Å²) in [5.74, 6) is 1.40. The second-order valence-corrected chi connectivity index (χ2v) is 5.13. The molecule has 1 aromatic carbocycles. The maximum atomic E-state index is 5.85. The van der Waals surface area contributed by atoms with Crippen LogP contribution in [-0.4, -0.2) is 6.61 Å². The van der Waals surface area contributed by atoms with E-state index >= 15 is 0 Å². The molecule has 1 aromatic rings. The lowest BCUT2D eigenvalue weighted by Gasteiger charge is -2.13. The molecule has 0 amide bonds. The fourth-order valence-electron chi connectivity index (χ4n) is 1.46. The normalized spacial score (nSPS) is 12.5. The molecule has 0 saturated carbocycles. The van der Waals surface area contributed by atoms with Crippen molar-refractivity contribution in [2.45, 2.75) is 26.7 Å². The largest absolute Gasteiger partial charge is 0.491 e. The number of nitrogen functional groups attached to an aromatic ring is 1. The molecule has 0 aliphatic rings. The fraction of sp³-hybridized carbons (Fsp3) is 0.500. The van der Waals surface area contributed by atoms with Gasteiger partial charge in [-0.1, -0.05) is 20.3 Å². The minimum absolute atomic E-state index is 0.591. The second-order valence-electron chi connectivity index (χ2n) is 3.89. The van der Waals surface area contributed by atoms with Crippen LogP contribution < -0.4 is 10.5 Å². The average molecular weight is 319 g/mol. The molecule has 0 aromatic heterocycles. The Balaban J connectivity index is 2.50. The zero-order valence-electron chi connectivity index (χ0n) is 9.29. The van der Waals surface area contributed by atoms with E-state index in [1.807, 2.05) is 18.2 Å². The molecule has 3 heteroatoms. The fourth-order valence-corrected chi connectivity index (χ4v) is 1.97. The number of rotatable bonds is 5. The highest BCUT2D eigenvalue weighted by molar-refractivity contribution is 14.1. The predicted molar refractivity (Wildman–Crippen MR) is 73.1 cm³/mol. The Morgan fingerprint density at radius 1 is 1.47 bits per heavy atom. The Labute approximate surface area is 105 Å². The highest BCUT2D eigenvalue weighted by Gasteiger charge is 2.04. The van der Waals surface area contributed by atoms with Crippen LogP contribution in [0, 0.1) is 9.49 Å². The smallest absolute Gasteiger partial charge is 0.142 e. The molecule has 0 spiro atoms.